The molecule has 1 aromatic heterocycles. The molecule has 0 radical (unpaired) electrons. The summed E-state index contributed by atoms with van der Waals surface area (Å²) in [5.41, 5.74) is 0.890. The monoisotopic (exact) mass is 318 g/mol. The second kappa shape index (κ2) is 6.80. The van der Waals surface area contributed by atoms with Crippen molar-refractivity contribution in [2.24, 2.45) is 0 Å². The molecule has 23 heavy (non-hydrogen) atoms. The van der Waals surface area contributed by atoms with Crippen molar-refractivity contribution < 1.29 is 23.8 Å². The maximum Gasteiger partial charge on any atom is 0.323 e. The fourth-order valence-electron chi connectivity index (χ4n) is 2.50. The van der Waals surface area contributed by atoms with Crippen molar-refractivity contribution in [3.8, 4) is 17.1 Å². The van der Waals surface area contributed by atoms with Crippen LogP contribution in [0.25, 0.3) is 11.3 Å². The number of hydrogen-bond donors (Lipinski definition) is 1. The van der Waals surface area contributed by atoms with Crippen LogP contribution in [0.4, 0.5) is 0 Å². The van der Waals surface area contributed by atoms with E-state index in [0.29, 0.717) is 31.3 Å². The quantitative estimate of drug-likeness (QED) is 0.897. The van der Waals surface area contributed by atoms with Gasteiger partial charge in [0.25, 0.3) is 0 Å². The normalized spacial score (nSPS) is 18.7. The molecule has 3 rings (SSSR count). The maximum absolute atomic E-state index is 11.3. The van der Waals surface area contributed by atoms with Gasteiger partial charge in [-0.2, -0.15) is 0 Å². The van der Waals surface area contributed by atoms with E-state index in [1.807, 2.05) is 24.3 Å². The Morgan fingerprint density at radius 1 is 1.43 bits per heavy atom. The average molecular weight is 318 g/mol. The highest BCUT2D eigenvalue weighted by Crippen LogP contribution is 2.24. The molecule has 1 atom stereocenters. The molecule has 0 spiro atoms. The Hall–Kier alpha value is -2.38. The van der Waals surface area contributed by atoms with Crippen molar-refractivity contribution in [1.82, 2.24) is 9.88 Å². The number of methoxy groups -OCH3 is 1. The number of aromatic nitrogens is 1. The Balaban J connectivity index is 1.72. The van der Waals surface area contributed by atoms with Crippen LogP contribution in [0.3, 0.4) is 0 Å². The van der Waals surface area contributed by atoms with Gasteiger partial charge in [-0.1, -0.05) is 0 Å². The second-order valence-electron chi connectivity index (χ2n) is 5.25. The number of carboxylic acids is 1. The Kier molecular flexibility index (Phi) is 4.59. The fraction of sp³-hybridized carbons (Fsp3) is 0.375. The molecule has 1 N–H and O–H groups in total. The number of nitrogens with zero attached hydrogens (tertiary/aromatic N) is 2. The first kappa shape index (κ1) is 15.5. The molecule has 7 nitrogen and oxygen atoms in total. The van der Waals surface area contributed by atoms with Crippen LogP contribution < -0.4 is 4.74 Å². The van der Waals surface area contributed by atoms with Crippen molar-refractivity contribution in [3.63, 3.8) is 0 Å². The zero-order valence-electron chi connectivity index (χ0n) is 12.8. The molecule has 0 bridgehead atoms. The number of rotatable bonds is 5. The predicted octanol–water partition coefficient (Wildman–Crippen LogP) is 1.64. The van der Waals surface area contributed by atoms with E-state index in [2.05, 4.69) is 4.98 Å². The van der Waals surface area contributed by atoms with E-state index in [1.54, 1.807) is 18.2 Å². The smallest absolute Gasteiger partial charge is 0.323 e. The molecular formula is C16H18N2O5. The van der Waals surface area contributed by atoms with E-state index in [4.69, 9.17) is 13.9 Å². The summed E-state index contributed by atoms with van der Waals surface area (Å²) in [4.78, 5) is 17.3. The third kappa shape index (κ3) is 3.52. The van der Waals surface area contributed by atoms with Crippen molar-refractivity contribution in [2.45, 2.75) is 12.6 Å². The molecule has 0 aliphatic carbocycles. The first-order valence-electron chi connectivity index (χ1n) is 7.31. The molecule has 122 valence electrons. The highest BCUT2D eigenvalue weighted by Gasteiger charge is 2.30. The van der Waals surface area contributed by atoms with E-state index in [-0.39, 0.29) is 6.61 Å². The molecule has 7 heteroatoms. The zero-order valence-corrected chi connectivity index (χ0v) is 12.8. The van der Waals surface area contributed by atoms with Gasteiger partial charge in [-0.15, -0.1) is 0 Å². The Bertz CT molecular complexity index is 667. The van der Waals surface area contributed by atoms with Gasteiger partial charge in [0.05, 0.1) is 33.1 Å². The van der Waals surface area contributed by atoms with Gasteiger partial charge < -0.3 is 19.0 Å². The lowest BCUT2D eigenvalue weighted by Gasteiger charge is -2.31. The van der Waals surface area contributed by atoms with Crippen LogP contribution in [0, 0.1) is 0 Å². The molecule has 1 unspecified atom stereocenters. The Morgan fingerprint density at radius 3 is 2.91 bits per heavy atom. The molecule has 1 aliphatic heterocycles. The summed E-state index contributed by atoms with van der Waals surface area (Å²) in [6.07, 6.45) is 1.65. The molecule has 1 saturated heterocycles. The van der Waals surface area contributed by atoms with Crippen molar-refractivity contribution in [3.05, 3.63) is 36.4 Å². The Morgan fingerprint density at radius 2 is 2.22 bits per heavy atom. The minimum absolute atomic E-state index is 0.182. The predicted molar refractivity (Wildman–Crippen MR) is 81.1 cm³/mol. The third-order valence-corrected chi connectivity index (χ3v) is 3.79. The Labute approximate surface area is 133 Å². The summed E-state index contributed by atoms with van der Waals surface area (Å²) in [6, 6.07) is 6.80. The number of hydrogen-bond acceptors (Lipinski definition) is 6. The number of aliphatic carboxylic acids is 1. The van der Waals surface area contributed by atoms with E-state index in [9.17, 15) is 9.90 Å². The molecule has 1 aromatic carbocycles. The van der Waals surface area contributed by atoms with E-state index >= 15 is 0 Å². The minimum atomic E-state index is -0.897. The molecular weight excluding hydrogens is 300 g/mol. The number of carboxylic acid groups (broad SMARTS) is 1. The summed E-state index contributed by atoms with van der Waals surface area (Å²) in [5.74, 6) is 1.00. The lowest BCUT2D eigenvalue weighted by molar-refractivity contribution is -0.150. The van der Waals surface area contributed by atoms with Gasteiger partial charge in [0.2, 0.25) is 5.89 Å². The molecule has 0 saturated carbocycles. The molecule has 2 aromatic rings. The van der Waals surface area contributed by atoms with E-state index < -0.39 is 12.0 Å². The lowest BCUT2D eigenvalue weighted by atomic mass is 10.2. The SMILES string of the molecule is COc1ccc(-c2cnc(CN3CCOCC3C(=O)O)o2)cc1. The first-order valence-corrected chi connectivity index (χ1v) is 7.31. The van der Waals surface area contributed by atoms with E-state index in [1.165, 1.54) is 0 Å². The summed E-state index contributed by atoms with van der Waals surface area (Å²) in [7, 11) is 1.61. The summed E-state index contributed by atoms with van der Waals surface area (Å²) in [5, 5.41) is 9.23. The average Bonchev–Trinajstić information content (AvgIpc) is 3.04. The van der Waals surface area contributed by atoms with Crippen LogP contribution in [0.1, 0.15) is 5.89 Å². The highest BCUT2D eigenvalue weighted by molar-refractivity contribution is 5.73. The van der Waals surface area contributed by atoms with Crippen LogP contribution >= 0.6 is 0 Å². The summed E-state index contributed by atoms with van der Waals surface area (Å²) in [6.45, 7) is 1.57. The zero-order chi connectivity index (χ0) is 16.2. The van der Waals surface area contributed by atoms with Crippen LogP contribution in [0.15, 0.2) is 34.9 Å². The van der Waals surface area contributed by atoms with Gasteiger partial charge in [0.1, 0.15) is 11.8 Å². The van der Waals surface area contributed by atoms with Crippen molar-refractivity contribution >= 4 is 5.97 Å². The van der Waals surface area contributed by atoms with Gasteiger partial charge in [0.15, 0.2) is 5.76 Å². The fourth-order valence-corrected chi connectivity index (χ4v) is 2.50. The summed E-state index contributed by atoms with van der Waals surface area (Å²) < 4.78 is 16.1. The molecule has 1 aliphatic rings. The molecule has 0 amide bonds. The molecule has 2 heterocycles. The number of benzene rings is 1. The second-order valence-corrected chi connectivity index (χ2v) is 5.25. The third-order valence-electron chi connectivity index (χ3n) is 3.79. The van der Waals surface area contributed by atoms with E-state index in [0.717, 1.165) is 11.3 Å². The van der Waals surface area contributed by atoms with Crippen molar-refractivity contribution in [1.29, 1.82) is 0 Å². The van der Waals surface area contributed by atoms with Crippen molar-refractivity contribution in [2.75, 3.05) is 26.9 Å². The van der Waals surface area contributed by atoms with Gasteiger partial charge >= 0.3 is 5.97 Å². The molecule has 1 fully saturated rings. The highest BCUT2D eigenvalue weighted by atomic mass is 16.5. The number of ether oxygens (including phenoxy) is 2. The first-order chi connectivity index (χ1) is 11.2. The van der Waals surface area contributed by atoms with Gasteiger partial charge in [0, 0.05) is 12.1 Å². The van der Waals surface area contributed by atoms with Crippen LogP contribution in [0.2, 0.25) is 0 Å². The van der Waals surface area contributed by atoms with Crippen LogP contribution in [0.5, 0.6) is 5.75 Å². The van der Waals surface area contributed by atoms with Gasteiger partial charge in [-0.3, -0.25) is 9.69 Å². The van der Waals surface area contributed by atoms with Crippen LogP contribution in [-0.4, -0.2) is 53.9 Å². The number of morpholine rings is 1. The minimum Gasteiger partial charge on any atom is -0.497 e. The number of carbonyl (C=O) groups is 1. The van der Waals surface area contributed by atoms with Gasteiger partial charge in [-0.25, -0.2) is 4.98 Å². The number of oxazole rings is 1. The standard InChI is InChI=1S/C16H18N2O5/c1-21-12-4-2-11(3-5-12)14-8-17-15(23-14)9-18-6-7-22-10-13(18)16(19)20/h2-5,8,13H,6-7,9-10H2,1H3,(H,19,20). The van der Waals surface area contributed by atoms with Gasteiger partial charge in [-0.05, 0) is 24.3 Å². The summed E-state index contributed by atoms with van der Waals surface area (Å²) >= 11 is 0. The van der Waals surface area contributed by atoms with Crippen LogP contribution in [-0.2, 0) is 16.1 Å². The largest absolute Gasteiger partial charge is 0.497 e. The maximum atomic E-state index is 11.3. The topological polar surface area (TPSA) is 85.0 Å². The lowest BCUT2D eigenvalue weighted by Crippen LogP contribution is -2.49.